The van der Waals surface area contributed by atoms with Crippen molar-refractivity contribution in [3.8, 4) is 11.5 Å². The van der Waals surface area contributed by atoms with E-state index in [4.69, 9.17) is 18.6 Å². The number of furan rings is 1. The lowest BCUT2D eigenvalue weighted by molar-refractivity contribution is 0.0526. The van der Waals surface area contributed by atoms with Gasteiger partial charge in [-0.3, -0.25) is 0 Å². The number of aryl methyl sites for hydroxylation is 2. The minimum absolute atomic E-state index is 0.278. The Balaban J connectivity index is 1.82. The molecule has 3 rings (SSSR count). The number of hydrogen-bond donors (Lipinski definition) is 1. The summed E-state index contributed by atoms with van der Waals surface area (Å²) in [6.45, 7) is 11.2. The highest BCUT2D eigenvalue weighted by Gasteiger charge is 2.24. The molecule has 0 aliphatic rings. The first kappa shape index (κ1) is 22.4. The van der Waals surface area contributed by atoms with Crippen LogP contribution in [-0.4, -0.2) is 42.3 Å². The Morgan fingerprint density at radius 2 is 1.77 bits per heavy atom. The topological polar surface area (TPSA) is 95.7 Å². The van der Waals surface area contributed by atoms with Crippen molar-refractivity contribution in [2.24, 2.45) is 0 Å². The van der Waals surface area contributed by atoms with E-state index in [-0.39, 0.29) is 6.61 Å². The lowest BCUT2D eigenvalue weighted by Crippen LogP contribution is -2.11. The summed E-state index contributed by atoms with van der Waals surface area (Å²) < 4.78 is 22.2. The van der Waals surface area contributed by atoms with E-state index >= 15 is 0 Å². The summed E-state index contributed by atoms with van der Waals surface area (Å²) in [5.41, 5.74) is 1.82. The average molecular weight is 428 g/mol. The van der Waals surface area contributed by atoms with Crippen LogP contribution in [0.1, 0.15) is 48.3 Å². The van der Waals surface area contributed by atoms with Gasteiger partial charge in [-0.2, -0.15) is 4.98 Å². The van der Waals surface area contributed by atoms with Gasteiger partial charge in [0, 0.05) is 6.54 Å². The predicted molar refractivity (Wildman–Crippen MR) is 118 cm³/mol. The number of nitrogens with zero attached hydrogens (tertiary/aromatic N) is 2. The average Bonchev–Trinajstić information content (AvgIpc) is 3.06. The fourth-order valence-electron chi connectivity index (χ4n) is 3.37. The zero-order chi connectivity index (χ0) is 22.4. The Hall–Kier alpha value is -3.29. The predicted octanol–water partition coefficient (Wildman–Crippen LogP) is 4.47. The van der Waals surface area contributed by atoms with Gasteiger partial charge in [-0.15, -0.1) is 0 Å². The fourth-order valence-corrected chi connectivity index (χ4v) is 3.37. The Labute approximate surface area is 181 Å². The van der Waals surface area contributed by atoms with E-state index < -0.39 is 5.97 Å². The highest BCUT2D eigenvalue weighted by Crippen LogP contribution is 2.31. The van der Waals surface area contributed by atoms with E-state index in [9.17, 15) is 4.79 Å². The maximum absolute atomic E-state index is 12.5. The molecule has 0 saturated heterocycles. The minimum Gasteiger partial charge on any atom is -0.490 e. The minimum atomic E-state index is -0.442. The van der Waals surface area contributed by atoms with Crippen LogP contribution in [0.3, 0.4) is 0 Å². The largest absolute Gasteiger partial charge is 0.490 e. The lowest BCUT2D eigenvalue weighted by atomic mass is 10.1. The second kappa shape index (κ2) is 10.1. The van der Waals surface area contributed by atoms with Gasteiger partial charge < -0.3 is 23.9 Å². The molecule has 0 aliphatic carbocycles. The quantitative estimate of drug-likeness (QED) is 0.474. The van der Waals surface area contributed by atoms with Crippen LogP contribution >= 0.6 is 0 Å². The number of carbonyl (C=O) groups is 1. The summed E-state index contributed by atoms with van der Waals surface area (Å²) in [6, 6.07) is 5.93. The van der Waals surface area contributed by atoms with Gasteiger partial charge in [-0.05, 0) is 58.7 Å². The molecule has 0 spiro atoms. The lowest BCUT2D eigenvalue weighted by Gasteiger charge is -2.13. The van der Waals surface area contributed by atoms with Crippen LogP contribution in [0.25, 0.3) is 11.1 Å². The number of fused-ring (bicyclic) bond motifs is 1. The van der Waals surface area contributed by atoms with Gasteiger partial charge in [0.25, 0.3) is 0 Å². The van der Waals surface area contributed by atoms with E-state index in [0.717, 1.165) is 23.5 Å². The van der Waals surface area contributed by atoms with Crippen LogP contribution in [0.4, 0.5) is 5.82 Å². The van der Waals surface area contributed by atoms with Gasteiger partial charge in [-0.25, -0.2) is 9.78 Å². The van der Waals surface area contributed by atoms with Crippen molar-refractivity contribution in [3.63, 3.8) is 0 Å². The third-order valence-corrected chi connectivity index (χ3v) is 4.63. The summed E-state index contributed by atoms with van der Waals surface area (Å²) in [5.74, 6) is 2.60. The summed E-state index contributed by atoms with van der Waals surface area (Å²) in [6.07, 6.45) is 0.725. The number of anilines is 1. The number of carbonyl (C=O) groups excluding carboxylic acids is 1. The van der Waals surface area contributed by atoms with Crippen molar-refractivity contribution in [2.75, 3.05) is 31.7 Å². The molecule has 1 N–H and O–H groups in total. The van der Waals surface area contributed by atoms with Crippen LogP contribution < -0.4 is 14.8 Å². The fraction of sp³-hybridized carbons (Fsp3) is 0.435. The normalized spacial score (nSPS) is 10.9. The summed E-state index contributed by atoms with van der Waals surface area (Å²) in [7, 11) is 0. The number of ether oxygens (including phenoxy) is 3. The van der Waals surface area contributed by atoms with Crippen molar-refractivity contribution in [3.05, 3.63) is 40.9 Å². The molecule has 0 fully saturated rings. The molecule has 0 atom stereocenters. The highest BCUT2D eigenvalue weighted by molar-refractivity contribution is 6.07. The van der Waals surface area contributed by atoms with Crippen molar-refractivity contribution in [1.29, 1.82) is 0 Å². The Bertz CT molecular complexity index is 1060. The molecule has 0 saturated carbocycles. The molecule has 31 heavy (non-hydrogen) atoms. The van der Waals surface area contributed by atoms with Crippen molar-refractivity contribution < 1.29 is 23.4 Å². The Morgan fingerprint density at radius 1 is 1.03 bits per heavy atom. The van der Waals surface area contributed by atoms with Gasteiger partial charge in [0.2, 0.25) is 5.71 Å². The van der Waals surface area contributed by atoms with Gasteiger partial charge in [0.1, 0.15) is 23.0 Å². The molecule has 1 aromatic carbocycles. The molecule has 8 heteroatoms. The third kappa shape index (κ3) is 5.07. The smallest absolute Gasteiger partial charge is 0.342 e. The molecule has 3 aromatic rings. The monoisotopic (exact) mass is 427 g/mol. The summed E-state index contributed by atoms with van der Waals surface area (Å²) in [4.78, 5) is 21.3. The third-order valence-electron chi connectivity index (χ3n) is 4.63. The Kier molecular flexibility index (Phi) is 7.33. The van der Waals surface area contributed by atoms with E-state index in [1.807, 2.05) is 32.0 Å². The van der Waals surface area contributed by atoms with E-state index in [0.29, 0.717) is 53.8 Å². The molecule has 0 aliphatic heterocycles. The molecule has 2 aromatic heterocycles. The molecule has 0 unspecified atom stereocenters. The number of benzene rings is 1. The zero-order valence-electron chi connectivity index (χ0n) is 18.7. The van der Waals surface area contributed by atoms with Crippen molar-refractivity contribution in [2.45, 2.75) is 41.0 Å². The second-order valence-electron chi connectivity index (χ2n) is 6.88. The Morgan fingerprint density at radius 3 is 2.48 bits per heavy atom. The van der Waals surface area contributed by atoms with Crippen LogP contribution in [0, 0.1) is 13.8 Å². The SMILES string of the molecule is CCOC(=O)c1c(C)oc2nc(C)nc(NCCc3ccc(OCC)c(OCC)c3)c12. The molecular formula is C23H29N3O5. The number of aromatic nitrogens is 2. The summed E-state index contributed by atoms with van der Waals surface area (Å²) >= 11 is 0. The molecule has 0 amide bonds. The van der Waals surface area contributed by atoms with Crippen LogP contribution in [0.15, 0.2) is 22.6 Å². The molecular weight excluding hydrogens is 398 g/mol. The van der Waals surface area contributed by atoms with Gasteiger partial charge in [0.15, 0.2) is 11.5 Å². The zero-order valence-corrected chi connectivity index (χ0v) is 18.7. The van der Waals surface area contributed by atoms with Crippen molar-refractivity contribution in [1.82, 2.24) is 9.97 Å². The van der Waals surface area contributed by atoms with Crippen LogP contribution in [-0.2, 0) is 11.2 Å². The first-order chi connectivity index (χ1) is 15.0. The van der Waals surface area contributed by atoms with E-state index in [1.54, 1.807) is 20.8 Å². The molecule has 2 heterocycles. The second-order valence-corrected chi connectivity index (χ2v) is 6.88. The number of nitrogens with one attached hydrogen (secondary N) is 1. The van der Waals surface area contributed by atoms with Crippen molar-refractivity contribution >= 4 is 22.9 Å². The van der Waals surface area contributed by atoms with E-state index in [2.05, 4.69) is 15.3 Å². The first-order valence-corrected chi connectivity index (χ1v) is 10.6. The molecule has 8 nitrogen and oxygen atoms in total. The van der Waals surface area contributed by atoms with Gasteiger partial charge >= 0.3 is 5.97 Å². The molecule has 166 valence electrons. The van der Waals surface area contributed by atoms with Gasteiger partial charge in [-0.1, -0.05) is 6.07 Å². The number of rotatable bonds is 10. The summed E-state index contributed by atoms with van der Waals surface area (Å²) in [5, 5.41) is 3.87. The van der Waals surface area contributed by atoms with Crippen LogP contribution in [0.5, 0.6) is 11.5 Å². The number of hydrogen-bond acceptors (Lipinski definition) is 8. The van der Waals surface area contributed by atoms with Gasteiger partial charge in [0.05, 0.1) is 25.2 Å². The number of esters is 1. The first-order valence-electron chi connectivity index (χ1n) is 10.6. The molecule has 0 bridgehead atoms. The van der Waals surface area contributed by atoms with Crippen LogP contribution in [0.2, 0.25) is 0 Å². The maximum atomic E-state index is 12.5. The van der Waals surface area contributed by atoms with E-state index in [1.165, 1.54) is 0 Å². The maximum Gasteiger partial charge on any atom is 0.342 e. The molecule has 0 radical (unpaired) electrons. The highest BCUT2D eigenvalue weighted by atomic mass is 16.5. The standard InChI is InChI=1S/C23H29N3O5/c1-6-28-17-10-9-16(13-18(17)29-7-2)11-12-24-21-20-19(23(27)30-8-3)14(4)31-22(20)26-15(5)25-21/h9-10,13H,6-8,11-12H2,1-5H3,(H,24,25,26).